The molecule has 0 saturated carbocycles. The highest BCUT2D eigenvalue weighted by molar-refractivity contribution is 9.10. The number of carbonyl (C=O) groups excluding carboxylic acids is 1. The van der Waals surface area contributed by atoms with Crippen molar-refractivity contribution in [2.45, 2.75) is 33.9 Å². The molecular weight excluding hydrogens is 384 g/mol. The lowest BCUT2D eigenvalue weighted by Crippen LogP contribution is -2.48. The molecule has 8 heteroatoms. The van der Waals surface area contributed by atoms with Crippen LogP contribution in [0.15, 0.2) is 10.7 Å². The Morgan fingerprint density at radius 2 is 1.88 bits per heavy atom. The lowest BCUT2D eigenvalue weighted by atomic mass is 10.2. The minimum Gasteiger partial charge on any atom is -0.335 e. The first-order chi connectivity index (χ1) is 11.9. The summed E-state index contributed by atoms with van der Waals surface area (Å²) in [6.45, 7) is 11.1. The average Bonchev–Trinajstić information content (AvgIpc) is 3.09. The van der Waals surface area contributed by atoms with Crippen molar-refractivity contribution < 1.29 is 4.79 Å². The highest BCUT2D eigenvalue weighted by Gasteiger charge is 2.27. The first-order valence-corrected chi connectivity index (χ1v) is 9.43. The zero-order valence-electron chi connectivity index (χ0n) is 15.3. The normalized spacial score (nSPS) is 15.8. The van der Waals surface area contributed by atoms with Gasteiger partial charge in [0.25, 0.3) is 5.91 Å². The summed E-state index contributed by atoms with van der Waals surface area (Å²) in [6.07, 6.45) is 2.13. The van der Waals surface area contributed by atoms with E-state index in [9.17, 15) is 4.79 Å². The van der Waals surface area contributed by atoms with Crippen LogP contribution in [0.25, 0.3) is 0 Å². The first-order valence-electron chi connectivity index (χ1n) is 8.64. The molecule has 0 aliphatic carbocycles. The van der Waals surface area contributed by atoms with Gasteiger partial charge in [0.15, 0.2) is 5.69 Å². The van der Waals surface area contributed by atoms with Crippen LogP contribution in [0.2, 0.25) is 0 Å². The highest BCUT2D eigenvalue weighted by Crippen LogP contribution is 2.22. The quantitative estimate of drug-likeness (QED) is 0.775. The molecule has 2 aromatic rings. The zero-order chi connectivity index (χ0) is 18.1. The predicted octanol–water partition coefficient (Wildman–Crippen LogP) is 1.97. The number of rotatable bonds is 4. The molecule has 1 aliphatic rings. The Morgan fingerprint density at radius 3 is 2.40 bits per heavy atom. The van der Waals surface area contributed by atoms with E-state index in [0.29, 0.717) is 5.69 Å². The van der Waals surface area contributed by atoms with Crippen molar-refractivity contribution in [2.24, 2.45) is 7.05 Å². The second-order valence-electron chi connectivity index (χ2n) is 6.54. The van der Waals surface area contributed by atoms with E-state index in [1.807, 2.05) is 23.6 Å². The maximum Gasteiger partial charge on any atom is 0.275 e. The van der Waals surface area contributed by atoms with E-state index in [4.69, 9.17) is 0 Å². The molecule has 2 aromatic heterocycles. The molecule has 7 nitrogen and oxygen atoms in total. The van der Waals surface area contributed by atoms with Crippen LogP contribution in [0.1, 0.15) is 34.4 Å². The van der Waals surface area contributed by atoms with Gasteiger partial charge in [-0.1, -0.05) is 0 Å². The molecule has 0 atom stereocenters. The van der Waals surface area contributed by atoms with Gasteiger partial charge in [0.2, 0.25) is 0 Å². The van der Waals surface area contributed by atoms with Crippen LogP contribution >= 0.6 is 15.9 Å². The second-order valence-corrected chi connectivity index (χ2v) is 7.33. The van der Waals surface area contributed by atoms with Crippen molar-refractivity contribution in [2.75, 3.05) is 26.2 Å². The number of piperazine rings is 1. The molecule has 0 N–H and O–H groups in total. The number of aryl methyl sites for hydroxylation is 3. The smallest absolute Gasteiger partial charge is 0.275 e. The lowest BCUT2D eigenvalue weighted by molar-refractivity contribution is 0.0621. The van der Waals surface area contributed by atoms with Gasteiger partial charge in [-0.25, -0.2) is 0 Å². The summed E-state index contributed by atoms with van der Waals surface area (Å²) >= 11 is 3.49. The molecule has 1 aliphatic heterocycles. The summed E-state index contributed by atoms with van der Waals surface area (Å²) in [5, 5.41) is 8.86. The van der Waals surface area contributed by atoms with Gasteiger partial charge in [-0.2, -0.15) is 10.2 Å². The molecule has 1 saturated heterocycles. The summed E-state index contributed by atoms with van der Waals surface area (Å²) in [7, 11) is 1.85. The summed E-state index contributed by atoms with van der Waals surface area (Å²) < 4.78 is 4.51. The Bertz CT molecular complexity index is 772. The van der Waals surface area contributed by atoms with Gasteiger partial charge in [0.05, 0.1) is 15.9 Å². The minimum absolute atomic E-state index is 0.00482. The summed E-state index contributed by atoms with van der Waals surface area (Å²) in [6, 6.07) is 0. The van der Waals surface area contributed by atoms with Crippen molar-refractivity contribution in [3.63, 3.8) is 0 Å². The van der Waals surface area contributed by atoms with E-state index in [1.165, 1.54) is 5.56 Å². The standard InChI is InChI=1S/C17H25BrN6O/c1-5-24-11-14(12(2)19-24)10-22-6-8-23(9-7-22)17(25)16-15(18)13(3)21(4)20-16/h11H,5-10H2,1-4H3. The Kier molecular flexibility index (Phi) is 5.29. The van der Waals surface area contributed by atoms with Crippen LogP contribution in [-0.4, -0.2) is 61.4 Å². The molecule has 3 heterocycles. The zero-order valence-corrected chi connectivity index (χ0v) is 16.9. The van der Waals surface area contributed by atoms with Gasteiger partial charge in [-0.3, -0.25) is 19.1 Å². The van der Waals surface area contributed by atoms with Crippen molar-refractivity contribution in [1.82, 2.24) is 29.4 Å². The summed E-state index contributed by atoms with van der Waals surface area (Å²) in [5.74, 6) is 0.00482. The third kappa shape index (κ3) is 3.64. The molecule has 25 heavy (non-hydrogen) atoms. The molecule has 0 bridgehead atoms. The summed E-state index contributed by atoms with van der Waals surface area (Å²) in [4.78, 5) is 17.0. The fraction of sp³-hybridized carbons (Fsp3) is 0.588. The van der Waals surface area contributed by atoms with Crippen LogP contribution in [0.5, 0.6) is 0 Å². The van der Waals surface area contributed by atoms with E-state index in [0.717, 1.165) is 55.1 Å². The molecule has 3 rings (SSSR count). The average molecular weight is 409 g/mol. The number of carbonyl (C=O) groups is 1. The SMILES string of the molecule is CCn1cc(CN2CCN(C(=O)c3nn(C)c(C)c3Br)CC2)c(C)n1. The molecule has 0 radical (unpaired) electrons. The molecule has 0 unspecified atom stereocenters. The van der Waals surface area contributed by atoms with E-state index >= 15 is 0 Å². The first kappa shape index (κ1) is 18.1. The third-order valence-corrected chi connectivity index (χ3v) is 5.84. The minimum atomic E-state index is 0.00482. The number of hydrogen-bond donors (Lipinski definition) is 0. The van der Waals surface area contributed by atoms with E-state index < -0.39 is 0 Å². The summed E-state index contributed by atoms with van der Waals surface area (Å²) in [5.41, 5.74) is 3.83. The van der Waals surface area contributed by atoms with Gasteiger partial charge >= 0.3 is 0 Å². The number of halogens is 1. The van der Waals surface area contributed by atoms with Crippen molar-refractivity contribution >= 4 is 21.8 Å². The number of nitrogens with zero attached hydrogens (tertiary/aromatic N) is 6. The Hall–Kier alpha value is -1.67. The molecule has 0 spiro atoms. The van der Waals surface area contributed by atoms with Crippen molar-refractivity contribution in [3.05, 3.63) is 33.3 Å². The van der Waals surface area contributed by atoms with Crippen LogP contribution in [0, 0.1) is 13.8 Å². The lowest BCUT2D eigenvalue weighted by Gasteiger charge is -2.34. The highest BCUT2D eigenvalue weighted by atomic mass is 79.9. The van der Waals surface area contributed by atoms with Gasteiger partial charge < -0.3 is 4.90 Å². The molecular formula is C17H25BrN6O. The van der Waals surface area contributed by atoms with Crippen LogP contribution in [-0.2, 0) is 20.1 Å². The number of aromatic nitrogens is 4. The van der Waals surface area contributed by atoms with Crippen LogP contribution in [0.4, 0.5) is 0 Å². The van der Waals surface area contributed by atoms with Gasteiger partial charge in [0.1, 0.15) is 0 Å². The Morgan fingerprint density at radius 1 is 1.20 bits per heavy atom. The number of amides is 1. The van der Waals surface area contributed by atoms with Gasteiger partial charge in [-0.05, 0) is 36.7 Å². The topological polar surface area (TPSA) is 59.2 Å². The fourth-order valence-electron chi connectivity index (χ4n) is 3.10. The number of hydrogen-bond acceptors (Lipinski definition) is 4. The van der Waals surface area contributed by atoms with Gasteiger partial charge in [-0.15, -0.1) is 0 Å². The molecule has 136 valence electrons. The monoisotopic (exact) mass is 408 g/mol. The van der Waals surface area contributed by atoms with Gasteiger partial charge in [0, 0.05) is 58.1 Å². The van der Waals surface area contributed by atoms with Crippen LogP contribution in [0.3, 0.4) is 0 Å². The van der Waals surface area contributed by atoms with E-state index in [-0.39, 0.29) is 5.91 Å². The largest absolute Gasteiger partial charge is 0.335 e. The van der Waals surface area contributed by atoms with E-state index in [1.54, 1.807) is 4.68 Å². The van der Waals surface area contributed by atoms with Crippen molar-refractivity contribution in [3.8, 4) is 0 Å². The molecule has 1 amide bonds. The Labute approximate surface area is 156 Å². The second kappa shape index (κ2) is 7.29. The van der Waals surface area contributed by atoms with E-state index in [2.05, 4.69) is 51.1 Å². The van der Waals surface area contributed by atoms with Crippen molar-refractivity contribution in [1.29, 1.82) is 0 Å². The molecule has 0 aromatic carbocycles. The fourth-order valence-corrected chi connectivity index (χ4v) is 3.60. The maximum absolute atomic E-state index is 12.7. The maximum atomic E-state index is 12.7. The molecule has 1 fully saturated rings. The predicted molar refractivity (Wildman–Crippen MR) is 99.5 cm³/mol. The van der Waals surface area contributed by atoms with Crippen LogP contribution < -0.4 is 0 Å². The Balaban J connectivity index is 1.60. The third-order valence-electron chi connectivity index (χ3n) is 4.89.